The predicted molar refractivity (Wildman–Crippen MR) is 94.7 cm³/mol. The lowest BCUT2D eigenvalue weighted by molar-refractivity contribution is -0.121. The minimum atomic E-state index is -0.479. The summed E-state index contributed by atoms with van der Waals surface area (Å²) < 4.78 is 5.10. The van der Waals surface area contributed by atoms with Gasteiger partial charge < -0.3 is 15.4 Å². The van der Waals surface area contributed by atoms with E-state index in [1.165, 1.54) is 0 Å². The minimum absolute atomic E-state index is 0.0594. The molecule has 0 radical (unpaired) electrons. The van der Waals surface area contributed by atoms with Crippen LogP contribution in [0.1, 0.15) is 36.9 Å². The molecule has 0 saturated carbocycles. The van der Waals surface area contributed by atoms with Crippen LogP contribution in [0.4, 0.5) is 4.79 Å². The largest absolute Gasteiger partial charge is 0.445 e. The summed E-state index contributed by atoms with van der Waals surface area (Å²) in [6.45, 7) is 2.53. The molecule has 0 bridgehead atoms. The van der Waals surface area contributed by atoms with E-state index in [1.807, 2.05) is 49.4 Å². The molecule has 1 aromatic carbocycles. The van der Waals surface area contributed by atoms with Crippen LogP contribution >= 0.6 is 0 Å². The Labute approximate surface area is 147 Å². The molecule has 2 N–H and O–H groups in total. The van der Waals surface area contributed by atoms with Crippen molar-refractivity contribution in [3.63, 3.8) is 0 Å². The maximum Gasteiger partial charge on any atom is 0.407 e. The molecule has 6 nitrogen and oxygen atoms in total. The fourth-order valence-electron chi connectivity index (χ4n) is 2.24. The average Bonchev–Trinajstić information content (AvgIpc) is 2.65. The van der Waals surface area contributed by atoms with Crippen LogP contribution in [-0.2, 0) is 16.1 Å². The highest BCUT2D eigenvalue weighted by Crippen LogP contribution is 2.10. The molecule has 0 spiro atoms. The molecule has 0 saturated heterocycles. The number of carbonyl (C=O) groups is 2. The first kappa shape index (κ1) is 18.4. The second kappa shape index (κ2) is 10.1. The zero-order chi connectivity index (χ0) is 17.9. The molecule has 1 aromatic heterocycles. The number of pyridine rings is 1. The summed E-state index contributed by atoms with van der Waals surface area (Å²) in [6, 6.07) is 13.1. The molecule has 0 fully saturated rings. The molecule has 0 aliphatic carbocycles. The zero-order valence-corrected chi connectivity index (χ0v) is 14.3. The molecular formula is C19H23N3O3. The number of nitrogens with one attached hydrogen (secondary N) is 2. The lowest BCUT2D eigenvalue weighted by Gasteiger charge is -2.13. The van der Waals surface area contributed by atoms with E-state index in [1.54, 1.807) is 12.4 Å². The van der Waals surface area contributed by atoms with Crippen LogP contribution in [0.2, 0.25) is 0 Å². The normalized spacial score (nSPS) is 11.4. The van der Waals surface area contributed by atoms with Gasteiger partial charge in [-0.15, -0.1) is 0 Å². The summed E-state index contributed by atoms with van der Waals surface area (Å²) in [4.78, 5) is 27.5. The van der Waals surface area contributed by atoms with Crippen LogP contribution in [-0.4, -0.2) is 23.5 Å². The van der Waals surface area contributed by atoms with E-state index in [0.717, 1.165) is 11.1 Å². The number of hydrogen-bond donors (Lipinski definition) is 2. The molecule has 1 heterocycles. The molecule has 1 atom stereocenters. The fourth-order valence-corrected chi connectivity index (χ4v) is 2.24. The Bertz CT molecular complexity index is 662. The fraction of sp³-hybridized carbons (Fsp3) is 0.316. The van der Waals surface area contributed by atoms with E-state index in [0.29, 0.717) is 19.4 Å². The average molecular weight is 341 g/mol. The Morgan fingerprint density at radius 1 is 1.16 bits per heavy atom. The van der Waals surface area contributed by atoms with Gasteiger partial charge in [0.2, 0.25) is 5.91 Å². The van der Waals surface area contributed by atoms with Crippen LogP contribution < -0.4 is 10.6 Å². The van der Waals surface area contributed by atoms with Crippen LogP contribution in [0.15, 0.2) is 54.9 Å². The molecule has 25 heavy (non-hydrogen) atoms. The van der Waals surface area contributed by atoms with E-state index in [4.69, 9.17) is 4.74 Å². The van der Waals surface area contributed by atoms with Gasteiger partial charge in [-0.05, 0) is 30.5 Å². The third-order valence-corrected chi connectivity index (χ3v) is 3.62. The third-order valence-electron chi connectivity index (χ3n) is 3.62. The molecule has 0 unspecified atom stereocenters. The van der Waals surface area contributed by atoms with Crippen molar-refractivity contribution in [3.05, 3.63) is 66.0 Å². The predicted octanol–water partition coefficient (Wildman–Crippen LogP) is 2.97. The molecule has 2 rings (SSSR count). The number of ether oxygens (including phenoxy) is 1. The Morgan fingerprint density at radius 3 is 2.68 bits per heavy atom. The van der Waals surface area contributed by atoms with Gasteiger partial charge in [0.1, 0.15) is 6.61 Å². The maximum absolute atomic E-state index is 11.9. The summed E-state index contributed by atoms with van der Waals surface area (Å²) >= 11 is 0. The van der Waals surface area contributed by atoms with Crippen molar-refractivity contribution in [1.82, 2.24) is 15.6 Å². The van der Waals surface area contributed by atoms with Gasteiger partial charge in [-0.2, -0.15) is 0 Å². The van der Waals surface area contributed by atoms with E-state index < -0.39 is 6.09 Å². The summed E-state index contributed by atoms with van der Waals surface area (Å²) in [6.07, 6.45) is 3.83. The topological polar surface area (TPSA) is 80.3 Å². The number of amides is 2. The highest BCUT2D eigenvalue weighted by molar-refractivity contribution is 5.76. The molecule has 0 aliphatic heterocycles. The number of benzene rings is 1. The van der Waals surface area contributed by atoms with Crippen molar-refractivity contribution >= 4 is 12.0 Å². The van der Waals surface area contributed by atoms with Crippen molar-refractivity contribution in [2.75, 3.05) is 6.54 Å². The molecule has 2 amide bonds. The van der Waals surface area contributed by atoms with E-state index in [9.17, 15) is 9.59 Å². The van der Waals surface area contributed by atoms with Gasteiger partial charge >= 0.3 is 6.09 Å². The van der Waals surface area contributed by atoms with Crippen LogP contribution in [0.25, 0.3) is 0 Å². The Kier molecular flexibility index (Phi) is 7.43. The van der Waals surface area contributed by atoms with E-state index in [-0.39, 0.29) is 18.6 Å². The SMILES string of the molecule is C[C@@H](NC(=O)CCCNC(=O)OCc1ccccc1)c1cccnc1. The van der Waals surface area contributed by atoms with Gasteiger partial charge in [0, 0.05) is 25.4 Å². The lowest BCUT2D eigenvalue weighted by Crippen LogP contribution is -2.29. The number of nitrogens with zero attached hydrogens (tertiary/aromatic N) is 1. The Balaban J connectivity index is 1.57. The summed E-state index contributed by atoms with van der Waals surface area (Å²) in [5.41, 5.74) is 1.89. The maximum atomic E-state index is 11.9. The molecular weight excluding hydrogens is 318 g/mol. The van der Waals surface area contributed by atoms with Gasteiger partial charge in [-0.25, -0.2) is 4.79 Å². The first-order chi connectivity index (χ1) is 12.1. The molecule has 6 heteroatoms. The Hall–Kier alpha value is -2.89. The van der Waals surface area contributed by atoms with Crippen LogP contribution in [0.5, 0.6) is 0 Å². The van der Waals surface area contributed by atoms with E-state index >= 15 is 0 Å². The summed E-state index contributed by atoms with van der Waals surface area (Å²) in [7, 11) is 0. The van der Waals surface area contributed by atoms with Gasteiger partial charge in [0.05, 0.1) is 6.04 Å². The van der Waals surface area contributed by atoms with Gasteiger partial charge in [-0.1, -0.05) is 36.4 Å². The smallest absolute Gasteiger partial charge is 0.407 e. The van der Waals surface area contributed by atoms with Crippen molar-refractivity contribution < 1.29 is 14.3 Å². The van der Waals surface area contributed by atoms with Gasteiger partial charge in [0.25, 0.3) is 0 Å². The third kappa shape index (κ3) is 7.03. The first-order valence-corrected chi connectivity index (χ1v) is 8.29. The van der Waals surface area contributed by atoms with E-state index in [2.05, 4.69) is 15.6 Å². The summed E-state index contributed by atoms with van der Waals surface area (Å²) in [5.74, 6) is -0.0594. The number of carbonyl (C=O) groups excluding carboxylic acids is 2. The van der Waals surface area contributed by atoms with Crippen molar-refractivity contribution in [3.8, 4) is 0 Å². The van der Waals surface area contributed by atoms with Crippen molar-refractivity contribution in [2.24, 2.45) is 0 Å². The second-order valence-electron chi connectivity index (χ2n) is 5.67. The van der Waals surface area contributed by atoms with Gasteiger partial charge in [0.15, 0.2) is 0 Å². The standard InChI is InChI=1S/C19H23N3O3/c1-15(17-9-5-11-20-13-17)22-18(23)10-6-12-21-19(24)25-14-16-7-3-2-4-8-16/h2-5,7-9,11,13,15H,6,10,12,14H2,1H3,(H,21,24)(H,22,23)/t15-/m1/s1. The molecule has 2 aromatic rings. The number of rotatable bonds is 8. The number of aromatic nitrogens is 1. The monoisotopic (exact) mass is 341 g/mol. The Morgan fingerprint density at radius 2 is 1.96 bits per heavy atom. The van der Waals surface area contributed by atoms with Crippen LogP contribution in [0.3, 0.4) is 0 Å². The zero-order valence-electron chi connectivity index (χ0n) is 14.3. The number of hydrogen-bond acceptors (Lipinski definition) is 4. The van der Waals surface area contributed by atoms with Crippen molar-refractivity contribution in [1.29, 1.82) is 0 Å². The molecule has 0 aliphatic rings. The second-order valence-corrected chi connectivity index (χ2v) is 5.67. The minimum Gasteiger partial charge on any atom is -0.445 e. The highest BCUT2D eigenvalue weighted by atomic mass is 16.5. The van der Waals surface area contributed by atoms with Crippen molar-refractivity contribution in [2.45, 2.75) is 32.4 Å². The summed E-state index contributed by atoms with van der Waals surface area (Å²) in [5, 5.41) is 5.55. The molecule has 132 valence electrons. The van der Waals surface area contributed by atoms with Gasteiger partial charge in [-0.3, -0.25) is 9.78 Å². The quantitative estimate of drug-likeness (QED) is 0.724. The lowest BCUT2D eigenvalue weighted by atomic mass is 10.1. The first-order valence-electron chi connectivity index (χ1n) is 8.29. The highest BCUT2D eigenvalue weighted by Gasteiger charge is 2.09. The van der Waals surface area contributed by atoms with Crippen LogP contribution in [0, 0.1) is 0 Å². The number of alkyl carbamates (subject to hydrolysis) is 1.